The molecule has 80 valence electrons. The van der Waals surface area contributed by atoms with Crippen LogP contribution in [0.25, 0.3) is 0 Å². The molecule has 0 saturated heterocycles. The summed E-state index contributed by atoms with van der Waals surface area (Å²) in [4.78, 5) is 6.28. The zero-order valence-electron chi connectivity index (χ0n) is 8.38. The summed E-state index contributed by atoms with van der Waals surface area (Å²) in [6.45, 7) is 0. The molecule has 6 heteroatoms. The van der Waals surface area contributed by atoms with Crippen molar-refractivity contribution in [3.8, 4) is 0 Å². The molecule has 0 saturated carbocycles. The maximum atomic E-state index is 4.94. The predicted octanol–water partition coefficient (Wildman–Crippen LogP) is 3.09. The van der Waals surface area contributed by atoms with Crippen molar-refractivity contribution in [1.29, 1.82) is 0 Å². The van der Waals surface area contributed by atoms with Crippen LogP contribution < -0.4 is 4.90 Å². The van der Waals surface area contributed by atoms with E-state index in [1.807, 2.05) is 30.1 Å². The van der Waals surface area contributed by atoms with Crippen molar-refractivity contribution in [2.75, 3.05) is 11.9 Å². The molecule has 1 atom stereocenters. The minimum absolute atomic E-state index is 0.107. The molecular weight excluding hydrogens is 288 g/mol. The highest BCUT2D eigenvalue weighted by atomic mass is 79.9. The molecule has 2 heterocycles. The lowest BCUT2D eigenvalue weighted by Gasteiger charge is -2.15. The van der Waals surface area contributed by atoms with Gasteiger partial charge in [0.15, 0.2) is 6.04 Å². The van der Waals surface area contributed by atoms with Crippen LogP contribution in [0, 0.1) is 0 Å². The van der Waals surface area contributed by atoms with Crippen molar-refractivity contribution in [1.82, 2.24) is 0 Å². The fraction of sp³-hybridized carbons (Fsp3) is 0.200. The Labute approximate surface area is 106 Å². The number of anilines is 1. The Morgan fingerprint density at radius 2 is 2.25 bits per heavy atom. The first-order valence-electron chi connectivity index (χ1n) is 4.73. The Bertz CT molecular complexity index is 552. The lowest BCUT2D eigenvalue weighted by atomic mass is 10.1. The van der Waals surface area contributed by atoms with E-state index in [2.05, 4.69) is 31.2 Å². The average Bonchev–Trinajstić information content (AvgIpc) is 2.52. The lowest BCUT2D eigenvalue weighted by molar-refractivity contribution is 0.887. The molecule has 0 radical (unpaired) electrons. The molecule has 0 fully saturated rings. The highest BCUT2D eigenvalue weighted by Crippen LogP contribution is 2.40. The molecule has 0 aromatic heterocycles. The minimum Gasteiger partial charge on any atom is -0.330 e. The van der Waals surface area contributed by atoms with Crippen LogP contribution in [0.5, 0.6) is 0 Å². The second kappa shape index (κ2) is 3.43. The van der Waals surface area contributed by atoms with Crippen molar-refractivity contribution < 1.29 is 0 Å². The van der Waals surface area contributed by atoms with E-state index in [0.29, 0.717) is 5.11 Å². The number of hydrogen-bond acceptors (Lipinski definition) is 3. The van der Waals surface area contributed by atoms with Gasteiger partial charge < -0.3 is 4.90 Å². The average molecular weight is 295 g/mol. The van der Waals surface area contributed by atoms with Crippen molar-refractivity contribution in [3.63, 3.8) is 0 Å². The molecule has 1 aromatic carbocycles. The van der Waals surface area contributed by atoms with Gasteiger partial charge in [-0.1, -0.05) is 15.9 Å². The van der Waals surface area contributed by atoms with Gasteiger partial charge in [0.25, 0.3) is 0 Å². The quantitative estimate of drug-likeness (QED) is 0.690. The van der Waals surface area contributed by atoms with Crippen LogP contribution in [0.1, 0.15) is 11.6 Å². The first-order valence-corrected chi connectivity index (χ1v) is 5.93. The topological polar surface area (TPSA) is 40.3 Å². The van der Waals surface area contributed by atoms with E-state index in [1.165, 1.54) is 0 Å². The van der Waals surface area contributed by atoms with Crippen LogP contribution in [0.4, 0.5) is 5.69 Å². The Morgan fingerprint density at radius 1 is 1.44 bits per heavy atom. The Balaban J connectivity index is 2.20. The van der Waals surface area contributed by atoms with Crippen molar-refractivity contribution in [2.45, 2.75) is 6.04 Å². The van der Waals surface area contributed by atoms with E-state index in [0.717, 1.165) is 21.6 Å². The van der Waals surface area contributed by atoms with Gasteiger partial charge in [-0.3, -0.25) is 0 Å². The summed E-state index contributed by atoms with van der Waals surface area (Å²) in [5.41, 5.74) is 2.22. The second-order valence-corrected chi connectivity index (χ2v) is 4.91. The number of benzene rings is 1. The van der Waals surface area contributed by atoms with E-state index < -0.39 is 0 Å². The zero-order chi connectivity index (χ0) is 11.3. The molecule has 0 bridgehead atoms. The number of amidine groups is 1. The molecule has 0 amide bonds. The molecule has 0 N–H and O–H groups in total. The maximum absolute atomic E-state index is 4.94. The van der Waals surface area contributed by atoms with Crippen LogP contribution in [0.2, 0.25) is 0 Å². The molecular formula is C10H7BrN4S. The standard InChI is InChI=1S/C10H7BrN4S/c1-15-7-3-2-5(11)4-6(7)8-9(15)12-10(16)14-13-8/h2-4,8H,1H3. The van der Waals surface area contributed by atoms with Crippen LogP contribution in [0.15, 0.2) is 37.9 Å². The second-order valence-electron chi connectivity index (χ2n) is 3.63. The molecule has 3 rings (SSSR count). The van der Waals surface area contributed by atoms with E-state index in [9.17, 15) is 0 Å². The highest BCUT2D eigenvalue weighted by Gasteiger charge is 2.35. The van der Waals surface area contributed by atoms with Crippen molar-refractivity contribution in [3.05, 3.63) is 28.2 Å². The number of nitrogens with zero attached hydrogens (tertiary/aromatic N) is 4. The summed E-state index contributed by atoms with van der Waals surface area (Å²) in [5, 5.41) is 8.35. The van der Waals surface area contributed by atoms with E-state index in [1.54, 1.807) is 0 Å². The summed E-state index contributed by atoms with van der Waals surface area (Å²) in [5.74, 6) is 0.855. The fourth-order valence-electron chi connectivity index (χ4n) is 1.97. The van der Waals surface area contributed by atoms with E-state index in [-0.39, 0.29) is 6.04 Å². The molecule has 16 heavy (non-hydrogen) atoms. The first-order chi connectivity index (χ1) is 7.66. The molecule has 4 nitrogen and oxygen atoms in total. The van der Waals surface area contributed by atoms with Gasteiger partial charge in [-0.25, -0.2) is 4.99 Å². The number of halogens is 1. The summed E-state index contributed by atoms with van der Waals surface area (Å²) >= 11 is 8.39. The highest BCUT2D eigenvalue weighted by molar-refractivity contribution is 9.10. The number of hydrogen-bond donors (Lipinski definition) is 0. The summed E-state index contributed by atoms with van der Waals surface area (Å²) < 4.78 is 1.03. The van der Waals surface area contributed by atoms with Crippen LogP contribution >= 0.6 is 28.1 Å². The van der Waals surface area contributed by atoms with Crippen molar-refractivity contribution in [2.24, 2.45) is 15.2 Å². The minimum atomic E-state index is -0.107. The lowest BCUT2D eigenvalue weighted by Crippen LogP contribution is -2.26. The number of fused-ring (bicyclic) bond motifs is 3. The van der Waals surface area contributed by atoms with Crippen LogP contribution in [-0.2, 0) is 0 Å². The van der Waals surface area contributed by atoms with E-state index >= 15 is 0 Å². The number of thiocarbonyl (C=S) groups is 1. The molecule has 0 aliphatic carbocycles. The summed E-state index contributed by atoms with van der Waals surface area (Å²) in [6, 6.07) is 5.98. The Kier molecular flexibility index (Phi) is 2.15. The van der Waals surface area contributed by atoms with Crippen molar-refractivity contribution >= 4 is 44.8 Å². The normalized spacial score (nSPS) is 21.9. The largest absolute Gasteiger partial charge is 0.330 e. The molecule has 2 aliphatic rings. The molecule has 2 aliphatic heterocycles. The third-order valence-electron chi connectivity index (χ3n) is 2.70. The monoisotopic (exact) mass is 294 g/mol. The fourth-order valence-corrected chi connectivity index (χ4v) is 2.49. The van der Waals surface area contributed by atoms with Gasteiger partial charge in [-0.2, -0.15) is 5.11 Å². The molecule has 1 aromatic rings. The van der Waals surface area contributed by atoms with Gasteiger partial charge >= 0.3 is 0 Å². The molecule has 1 unspecified atom stereocenters. The Morgan fingerprint density at radius 3 is 3.06 bits per heavy atom. The SMILES string of the molecule is CN1C2=NC(=S)N=NC2c2cc(Br)ccc21. The van der Waals surface area contributed by atoms with Gasteiger partial charge in [0.05, 0.1) is 0 Å². The molecule has 0 spiro atoms. The van der Waals surface area contributed by atoms with Crippen LogP contribution in [-0.4, -0.2) is 18.0 Å². The third kappa shape index (κ3) is 1.33. The maximum Gasteiger partial charge on any atom is 0.241 e. The summed E-state index contributed by atoms with van der Waals surface area (Å²) in [7, 11) is 1.97. The number of rotatable bonds is 0. The first kappa shape index (κ1) is 10.0. The number of likely N-dealkylation sites (N-methyl/N-ethyl adjacent to an activating group) is 1. The van der Waals surface area contributed by atoms with Gasteiger partial charge in [0.1, 0.15) is 5.84 Å². The summed E-state index contributed by atoms with van der Waals surface area (Å²) in [6.07, 6.45) is 0. The number of azo groups is 1. The van der Waals surface area contributed by atoms with Gasteiger partial charge in [0, 0.05) is 22.8 Å². The predicted molar refractivity (Wildman–Crippen MR) is 70.2 cm³/mol. The Hall–Kier alpha value is -1.14. The van der Waals surface area contributed by atoms with Crippen LogP contribution in [0.3, 0.4) is 0 Å². The van der Waals surface area contributed by atoms with E-state index in [4.69, 9.17) is 12.2 Å². The van der Waals surface area contributed by atoms with Gasteiger partial charge in [-0.05, 0) is 30.4 Å². The zero-order valence-corrected chi connectivity index (χ0v) is 10.8. The third-order valence-corrected chi connectivity index (χ3v) is 3.37. The smallest absolute Gasteiger partial charge is 0.241 e. The van der Waals surface area contributed by atoms with Gasteiger partial charge in [-0.15, -0.1) is 5.11 Å². The number of aliphatic imine (C=N–C) groups is 1. The van der Waals surface area contributed by atoms with Gasteiger partial charge in [0.2, 0.25) is 5.11 Å².